The van der Waals surface area contributed by atoms with Crippen molar-refractivity contribution in [2.75, 3.05) is 11.9 Å². The van der Waals surface area contributed by atoms with Gasteiger partial charge in [0.15, 0.2) is 12.4 Å². The Hall–Kier alpha value is -2.40. The lowest BCUT2D eigenvalue weighted by Gasteiger charge is -2.05. The number of aromatic nitrogens is 1. The van der Waals surface area contributed by atoms with E-state index < -0.39 is 0 Å². The van der Waals surface area contributed by atoms with Gasteiger partial charge in [-0.15, -0.1) is 12.4 Å². The average Bonchev–Trinajstić information content (AvgIpc) is 2.73. The fourth-order valence-corrected chi connectivity index (χ4v) is 3.10. The number of carbonyl (C=O) groups excluding carboxylic acids is 2. The standard InChI is InChI=1S/C24H32N2O3.ClH/c1-2-3-4-5-6-7-8-12-18-29-23(27)20-26-17-13-14-21(19-26)24(28)25-22-15-10-9-11-16-22;/h9-11,13-17,19H,2-8,12,18,20H2,1H3;1H/p+1. The number of esters is 1. The molecule has 0 atom stereocenters. The molecule has 0 saturated carbocycles. The predicted molar refractivity (Wildman–Crippen MR) is 122 cm³/mol. The van der Waals surface area contributed by atoms with Gasteiger partial charge in [0.25, 0.3) is 5.91 Å². The number of halogens is 1. The lowest BCUT2D eigenvalue weighted by Crippen LogP contribution is -2.39. The van der Waals surface area contributed by atoms with Crippen LogP contribution in [0.2, 0.25) is 0 Å². The highest BCUT2D eigenvalue weighted by atomic mass is 35.5. The molecule has 0 aliphatic rings. The second-order valence-corrected chi connectivity index (χ2v) is 7.28. The van der Waals surface area contributed by atoms with Gasteiger partial charge in [0, 0.05) is 11.8 Å². The molecule has 1 heterocycles. The van der Waals surface area contributed by atoms with E-state index in [9.17, 15) is 9.59 Å². The molecule has 2 rings (SSSR count). The number of carbonyl (C=O) groups is 2. The number of benzene rings is 1. The molecule has 0 spiro atoms. The molecule has 2 aromatic rings. The molecular formula is C24H34ClN2O3+. The number of para-hydroxylation sites is 1. The zero-order valence-corrected chi connectivity index (χ0v) is 18.7. The minimum Gasteiger partial charge on any atom is -0.461 e. The third-order valence-corrected chi connectivity index (χ3v) is 4.72. The van der Waals surface area contributed by atoms with Crippen LogP contribution in [-0.2, 0) is 16.1 Å². The third kappa shape index (κ3) is 10.4. The monoisotopic (exact) mass is 433 g/mol. The van der Waals surface area contributed by atoms with Crippen LogP contribution in [0.25, 0.3) is 0 Å². The molecule has 0 unspecified atom stereocenters. The summed E-state index contributed by atoms with van der Waals surface area (Å²) >= 11 is 0. The van der Waals surface area contributed by atoms with Crippen molar-refractivity contribution in [1.29, 1.82) is 0 Å². The SMILES string of the molecule is CCCCCCCCCCOC(=O)C[n+]1cccc(C(=O)Nc2ccccc2)c1.Cl. The fourth-order valence-electron chi connectivity index (χ4n) is 3.10. The van der Waals surface area contributed by atoms with Gasteiger partial charge >= 0.3 is 5.97 Å². The van der Waals surface area contributed by atoms with Crippen molar-refractivity contribution in [3.63, 3.8) is 0 Å². The number of unbranched alkanes of at least 4 members (excludes halogenated alkanes) is 7. The largest absolute Gasteiger partial charge is 0.461 e. The second-order valence-electron chi connectivity index (χ2n) is 7.28. The van der Waals surface area contributed by atoms with Gasteiger partial charge in [0.2, 0.25) is 6.54 Å². The summed E-state index contributed by atoms with van der Waals surface area (Å²) in [7, 11) is 0. The van der Waals surface area contributed by atoms with E-state index in [1.165, 1.54) is 38.5 Å². The highest BCUT2D eigenvalue weighted by Crippen LogP contribution is 2.09. The van der Waals surface area contributed by atoms with Crippen LogP contribution in [0.15, 0.2) is 54.9 Å². The highest BCUT2D eigenvalue weighted by Gasteiger charge is 2.14. The van der Waals surface area contributed by atoms with Gasteiger partial charge in [-0.2, -0.15) is 4.57 Å². The Bertz CT molecular complexity index is 753. The summed E-state index contributed by atoms with van der Waals surface area (Å²) in [5.74, 6) is -0.489. The third-order valence-electron chi connectivity index (χ3n) is 4.72. The van der Waals surface area contributed by atoms with Crippen LogP contribution in [0.1, 0.15) is 68.6 Å². The normalized spacial score (nSPS) is 10.2. The Morgan fingerprint density at radius 3 is 2.27 bits per heavy atom. The smallest absolute Gasteiger partial charge is 0.372 e. The first-order chi connectivity index (χ1) is 14.2. The zero-order chi connectivity index (χ0) is 20.7. The van der Waals surface area contributed by atoms with E-state index >= 15 is 0 Å². The number of nitrogens with zero attached hydrogens (tertiary/aromatic N) is 1. The molecule has 0 bridgehead atoms. The molecule has 1 aromatic carbocycles. The van der Waals surface area contributed by atoms with Gasteiger partial charge in [-0.1, -0.05) is 70.1 Å². The van der Waals surface area contributed by atoms with Gasteiger partial charge in [-0.05, 0) is 24.6 Å². The maximum Gasteiger partial charge on any atom is 0.372 e. The summed E-state index contributed by atoms with van der Waals surface area (Å²) in [6.07, 6.45) is 13.1. The van der Waals surface area contributed by atoms with E-state index in [0.29, 0.717) is 12.2 Å². The predicted octanol–water partition coefficient (Wildman–Crippen LogP) is 5.33. The molecule has 30 heavy (non-hydrogen) atoms. The first-order valence-electron chi connectivity index (χ1n) is 10.7. The zero-order valence-electron chi connectivity index (χ0n) is 17.8. The quantitative estimate of drug-likeness (QED) is 0.264. The van der Waals surface area contributed by atoms with Gasteiger partial charge in [0.1, 0.15) is 5.56 Å². The molecule has 0 aliphatic carbocycles. The fraction of sp³-hybridized carbons (Fsp3) is 0.458. The van der Waals surface area contributed by atoms with E-state index in [4.69, 9.17) is 4.74 Å². The molecule has 0 aliphatic heterocycles. The Kier molecular flexibility index (Phi) is 13.2. The van der Waals surface area contributed by atoms with Crippen LogP contribution in [0, 0.1) is 0 Å². The summed E-state index contributed by atoms with van der Waals surface area (Å²) in [4.78, 5) is 24.4. The topological polar surface area (TPSA) is 59.3 Å². The second kappa shape index (κ2) is 15.4. The van der Waals surface area contributed by atoms with E-state index in [0.717, 1.165) is 18.5 Å². The van der Waals surface area contributed by atoms with E-state index in [1.54, 1.807) is 29.1 Å². The van der Waals surface area contributed by atoms with Crippen LogP contribution < -0.4 is 9.88 Å². The lowest BCUT2D eigenvalue weighted by atomic mass is 10.1. The van der Waals surface area contributed by atoms with Crippen LogP contribution in [0.4, 0.5) is 5.69 Å². The summed E-state index contributed by atoms with van der Waals surface area (Å²) in [6, 6.07) is 12.8. The van der Waals surface area contributed by atoms with Crippen LogP contribution >= 0.6 is 12.4 Å². The molecule has 1 amide bonds. The van der Waals surface area contributed by atoms with Gasteiger partial charge < -0.3 is 10.1 Å². The Labute approximate surface area is 186 Å². The van der Waals surface area contributed by atoms with Crippen molar-refractivity contribution in [2.24, 2.45) is 0 Å². The average molecular weight is 434 g/mol. The van der Waals surface area contributed by atoms with Crippen LogP contribution in [-0.4, -0.2) is 18.5 Å². The Morgan fingerprint density at radius 1 is 0.900 bits per heavy atom. The molecule has 1 N–H and O–H groups in total. The first kappa shape index (κ1) is 25.6. The number of nitrogens with one attached hydrogen (secondary N) is 1. The van der Waals surface area contributed by atoms with Gasteiger partial charge in [-0.3, -0.25) is 4.79 Å². The highest BCUT2D eigenvalue weighted by molar-refractivity contribution is 6.03. The number of ether oxygens (including phenoxy) is 1. The van der Waals surface area contributed by atoms with Crippen molar-refractivity contribution >= 4 is 30.0 Å². The molecule has 1 aromatic heterocycles. The number of anilines is 1. The van der Waals surface area contributed by atoms with E-state index in [1.807, 2.05) is 30.3 Å². The van der Waals surface area contributed by atoms with Crippen molar-refractivity contribution in [3.8, 4) is 0 Å². The van der Waals surface area contributed by atoms with Crippen molar-refractivity contribution in [1.82, 2.24) is 0 Å². The number of hydrogen-bond donors (Lipinski definition) is 1. The summed E-state index contributed by atoms with van der Waals surface area (Å²) in [5.41, 5.74) is 1.23. The maximum atomic E-state index is 12.4. The van der Waals surface area contributed by atoms with Crippen molar-refractivity contribution in [3.05, 3.63) is 60.4 Å². The molecule has 0 fully saturated rings. The summed E-state index contributed by atoms with van der Waals surface area (Å²) in [5, 5.41) is 2.84. The Morgan fingerprint density at radius 2 is 1.57 bits per heavy atom. The maximum absolute atomic E-state index is 12.4. The Balaban J connectivity index is 0.00000450. The number of rotatable bonds is 13. The van der Waals surface area contributed by atoms with Crippen molar-refractivity contribution < 1.29 is 18.9 Å². The van der Waals surface area contributed by atoms with Crippen LogP contribution in [0.5, 0.6) is 0 Å². The first-order valence-corrected chi connectivity index (χ1v) is 10.7. The molecular weight excluding hydrogens is 400 g/mol. The summed E-state index contributed by atoms with van der Waals surface area (Å²) in [6.45, 7) is 2.79. The number of pyridine rings is 1. The molecule has 0 saturated heterocycles. The van der Waals surface area contributed by atoms with Crippen molar-refractivity contribution in [2.45, 2.75) is 64.8 Å². The minimum absolute atomic E-state index is 0. The van der Waals surface area contributed by atoms with E-state index in [-0.39, 0.29) is 30.8 Å². The molecule has 164 valence electrons. The van der Waals surface area contributed by atoms with Crippen LogP contribution in [0.3, 0.4) is 0 Å². The van der Waals surface area contributed by atoms with Gasteiger partial charge in [0.05, 0.1) is 6.61 Å². The number of amides is 1. The number of hydrogen-bond acceptors (Lipinski definition) is 3. The molecule has 0 radical (unpaired) electrons. The minimum atomic E-state index is -0.279. The molecule has 6 heteroatoms. The van der Waals surface area contributed by atoms with Gasteiger partial charge in [-0.25, -0.2) is 4.79 Å². The molecule has 5 nitrogen and oxygen atoms in total. The lowest BCUT2D eigenvalue weighted by molar-refractivity contribution is -0.686. The van der Waals surface area contributed by atoms with E-state index in [2.05, 4.69) is 12.2 Å². The summed E-state index contributed by atoms with van der Waals surface area (Å²) < 4.78 is 7.00.